The van der Waals surface area contributed by atoms with Gasteiger partial charge in [0.15, 0.2) is 0 Å². The second kappa shape index (κ2) is 6.07. The van der Waals surface area contributed by atoms with Gasteiger partial charge in [-0.25, -0.2) is 4.79 Å². The third kappa shape index (κ3) is 3.37. The zero-order valence-corrected chi connectivity index (χ0v) is 12.4. The summed E-state index contributed by atoms with van der Waals surface area (Å²) in [4.78, 5) is 23.0. The maximum atomic E-state index is 12.0. The highest BCUT2D eigenvalue weighted by Crippen LogP contribution is 2.21. The van der Waals surface area contributed by atoms with Crippen LogP contribution < -0.4 is 5.32 Å². The number of carboxylic acids is 1. The van der Waals surface area contributed by atoms with Crippen molar-refractivity contribution in [1.82, 2.24) is 0 Å². The van der Waals surface area contributed by atoms with Gasteiger partial charge in [-0.15, -0.1) is 0 Å². The normalized spacial score (nSPS) is 10.1. The molecule has 0 saturated carbocycles. The van der Waals surface area contributed by atoms with E-state index in [-0.39, 0.29) is 16.5 Å². The first-order valence-electron chi connectivity index (χ1n) is 5.57. The standard InChI is InChI=1S/C14H9BrClNO3/c15-9-3-1-2-8(6-9)13(18)17-10-4-5-12(16)11(7-10)14(19)20/h1-7H,(H,17,18)(H,19,20). The number of halogens is 2. The van der Waals surface area contributed by atoms with Crippen LogP contribution in [0.5, 0.6) is 0 Å². The number of rotatable bonds is 3. The smallest absolute Gasteiger partial charge is 0.337 e. The fourth-order valence-corrected chi connectivity index (χ4v) is 2.20. The van der Waals surface area contributed by atoms with Gasteiger partial charge in [-0.2, -0.15) is 0 Å². The molecule has 0 aliphatic rings. The summed E-state index contributed by atoms with van der Waals surface area (Å²) in [5, 5.41) is 11.7. The molecule has 0 fully saturated rings. The van der Waals surface area contributed by atoms with Crippen LogP contribution in [0.25, 0.3) is 0 Å². The Labute approximate surface area is 128 Å². The summed E-state index contributed by atoms with van der Waals surface area (Å²) in [7, 11) is 0. The highest BCUT2D eigenvalue weighted by molar-refractivity contribution is 9.10. The second-order valence-corrected chi connectivity index (χ2v) is 5.29. The van der Waals surface area contributed by atoms with E-state index >= 15 is 0 Å². The number of anilines is 1. The van der Waals surface area contributed by atoms with E-state index in [9.17, 15) is 9.59 Å². The van der Waals surface area contributed by atoms with Crippen molar-refractivity contribution in [2.75, 3.05) is 5.32 Å². The largest absolute Gasteiger partial charge is 0.478 e. The fraction of sp³-hybridized carbons (Fsp3) is 0. The molecular weight excluding hydrogens is 346 g/mol. The Hall–Kier alpha value is -1.85. The van der Waals surface area contributed by atoms with Gasteiger partial charge in [0.1, 0.15) is 0 Å². The van der Waals surface area contributed by atoms with E-state index in [1.54, 1.807) is 24.3 Å². The number of benzene rings is 2. The Balaban J connectivity index is 2.24. The van der Waals surface area contributed by atoms with Crippen molar-refractivity contribution in [3.05, 3.63) is 63.1 Å². The summed E-state index contributed by atoms with van der Waals surface area (Å²) in [5.41, 5.74) is 0.779. The lowest BCUT2D eigenvalue weighted by Crippen LogP contribution is -2.12. The minimum absolute atomic E-state index is 0.0568. The van der Waals surface area contributed by atoms with E-state index in [2.05, 4.69) is 21.2 Å². The number of carbonyl (C=O) groups excluding carboxylic acids is 1. The van der Waals surface area contributed by atoms with Crippen molar-refractivity contribution in [3.8, 4) is 0 Å². The monoisotopic (exact) mass is 353 g/mol. The van der Waals surface area contributed by atoms with E-state index in [4.69, 9.17) is 16.7 Å². The summed E-state index contributed by atoms with van der Waals surface area (Å²) >= 11 is 9.05. The van der Waals surface area contributed by atoms with Gasteiger partial charge in [-0.3, -0.25) is 4.79 Å². The van der Waals surface area contributed by atoms with Crippen LogP contribution in [0.4, 0.5) is 5.69 Å². The molecule has 1 amide bonds. The van der Waals surface area contributed by atoms with Gasteiger partial charge >= 0.3 is 5.97 Å². The van der Waals surface area contributed by atoms with E-state index in [0.29, 0.717) is 11.3 Å². The van der Waals surface area contributed by atoms with Gasteiger partial charge in [0.05, 0.1) is 10.6 Å². The lowest BCUT2D eigenvalue weighted by molar-refractivity contribution is 0.0696. The van der Waals surface area contributed by atoms with Crippen LogP contribution in [0.3, 0.4) is 0 Å². The number of carbonyl (C=O) groups is 2. The number of hydrogen-bond donors (Lipinski definition) is 2. The number of hydrogen-bond acceptors (Lipinski definition) is 2. The summed E-state index contributed by atoms with van der Waals surface area (Å²) in [5.74, 6) is -1.47. The summed E-state index contributed by atoms with van der Waals surface area (Å²) in [6.07, 6.45) is 0. The molecule has 2 aromatic carbocycles. The molecule has 0 unspecified atom stereocenters. The molecule has 0 radical (unpaired) electrons. The molecule has 0 aliphatic carbocycles. The fourth-order valence-electron chi connectivity index (χ4n) is 1.60. The molecule has 0 heterocycles. The van der Waals surface area contributed by atoms with Gasteiger partial charge in [0.2, 0.25) is 0 Å². The van der Waals surface area contributed by atoms with Crippen molar-refractivity contribution in [3.63, 3.8) is 0 Å². The first-order valence-corrected chi connectivity index (χ1v) is 6.74. The van der Waals surface area contributed by atoms with Gasteiger partial charge in [-0.1, -0.05) is 33.6 Å². The van der Waals surface area contributed by atoms with Gasteiger partial charge in [0, 0.05) is 15.7 Å². The zero-order valence-electron chi connectivity index (χ0n) is 10.1. The number of nitrogens with one attached hydrogen (secondary N) is 1. The highest BCUT2D eigenvalue weighted by Gasteiger charge is 2.11. The van der Waals surface area contributed by atoms with Gasteiger partial charge in [-0.05, 0) is 36.4 Å². The van der Waals surface area contributed by atoms with E-state index < -0.39 is 5.97 Å². The average molecular weight is 355 g/mol. The Morgan fingerprint density at radius 2 is 1.90 bits per heavy atom. The predicted molar refractivity (Wildman–Crippen MR) is 80.5 cm³/mol. The Kier molecular flexibility index (Phi) is 4.42. The maximum Gasteiger partial charge on any atom is 0.337 e. The van der Waals surface area contributed by atoms with Crippen LogP contribution in [0, 0.1) is 0 Å². The number of amides is 1. The first kappa shape index (κ1) is 14.6. The van der Waals surface area contributed by atoms with Crippen molar-refractivity contribution in [2.24, 2.45) is 0 Å². The molecule has 2 rings (SSSR count). The van der Waals surface area contributed by atoms with Crippen LogP contribution >= 0.6 is 27.5 Å². The number of carboxylic acid groups (broad SMARTS) is 1. The predicted octanol–water partition coefficient (Wildman–Crippen LogP) is 4.05. The van der Waals surface area contributed by atoms with Crippen LogP contribution in [-0.2, 0) is 0 Å². The molecule has 4 nitrogen and oxygen atoms in total. The van der Waals surface area contributed by atoms with Crippen LogP contribution in [0.1, 0.15) is 20.7 Å². The third-order valence-corrected chi connectivity index (χ3v) is 3.36. The van der Waals surface area contributed by atoms with E-state index in [0.717, 1.165) is 4.47 Å². The molecule has 0 aliphatic heterocycles. The van der Waals surface area contributed by atoms with E-state index in [1.807, 2.05) is 6.07 Å². The Morgan fingerprint density at radius 1 is 1.15 bits per heavy atom. The van der Waals surface area contributed by atoms with Crippen molar-refractivity contribution in [1.29, 1.82) is 0 Å². The molecular formula is C14H9BrClNO3. The van der Waals surface area contributed by atoms with Crippen LogP contribution in [0.15, 0.2) is 46.9 Å². The van der Waals surface area contributed by atoms with Crippen molar-refractivity contribution >= 4 is 45.1 Å². The quantitative estimate of drug-likeness (QED) is 0.874. The molecule has 0 aromatic heterocycles. The first-order chi connectivity index (χ1) is 9.47. The van der Waals surface area contributed by atoms with Crippen LogP contribution in [0.2, 0.25) is 5.02 Å². The molecule has 20 heavy (non-hydrogen) atoms. The Bertz CT molecular complexity index is 688. The Morgan fingerprint density at radius 3 is 2.55 bits per heavy atom. The zero-order chi connectivity index (χ0) is 14.7. The van der Waals surface area contributed by atoms with Gasteiger partial charge in [0.25, 0.3) is 5.91 Å². The minimum atomic E-state index is -1.14. The molecule has 0 saturated heterocycles. The van der Waals surface area contributed by atoms with Crippen molar-refractivity contribution in [2.45, 2.75) is 0 Å². The summed E-state index contributed by atoms with van der Waals surface area (Å²) in [6, 6.07) is 11.2. The molecule has 0 atom stereocenters. The number of aromatic carboxylic acids is 1. The topological polar surface area (TPSA) is 66.4 Å². The average Bonchev–Trinajstić information content (AvgIpc) is 2.40. The molecule has 102 valence electrons. The molecule has 0 bridgehead atoms. The summed E-state index contributed by atoms with van der Waals surface area (Å²) < 4.78 is 0.785. The maximum absolute atomic E-state index is 12.0. The van der Waals surface area contributed by atoms with Gasteiger partial charge < -0.3 is 10.4 Å². The van der Waals surface area contributed by atoms with Crippen molar-refractivity contribution < 1.29 is 14.7 Å². The molecule has 2 N–H and O–H groups in total. The lowest BCUT2D eigenvalue weighted by Gasteiger charge is -2.07. The SMILES string of the molecule is O=C(Nc1ccc(Cl)c(C(=O)O)c1)c1cccc(Br)c1. The molecule has 2 aromatic rings. The molecule has 6 heteroatoms. The lowest BCUT2D eigenvalue weighted by atomic mass is 10.1. The van der Waals surface area contributed by atoms with Crippen LogP contribution in [-0.4, -0.2) is 17.0 Å². The minimum Gasteiger partial charge on any atom is -0.478 e. The second-order valence-electron chi connectivity index (χ2n) is 3.96. The molecule has 0 spiro atoms. The highest BCUT2D eigenvalue weighted by atomic mass is 79.9. The summed E-state index contributed by atoms with van der Waals surface area (Å²) in [6.45, 7) is 0. The third-order valence-electron chi connectivity index (χ3n) is 2.54. The van der Waals surface area contributed by atoms with E-state index in [1.165, 1.54) is 12.1 Å².